The standard InChI is InChI=1S/C17H16ClF3N2O3S/c18-15-10-22-8-7-16(15)26-13-2-1-9-23(11-13)27(24,25)14-5-3-12(4-6-14)17(19,20)21/h3-8,10,13H,1-2,9,11H2. The van der Waals surface area contributed by atoms with E-state index in [4.69, 9.17) is 16.3 Å². The molecule has 27 heavy (non-hydrogen) atoms. The largest absolute Gasteiger partial charge is 0.487 e. The van der Waals surface area contributed by atoms with Crippen molar-refractivity contribution in [2.75, 3.05) is 13.1 Å². The summed E-state index contributed by atoms with van der Waals surface area (Å²) in [5.41, 5.74) is -0.895. The van der Waals surface area contributed by atoms with Crippen molar-refractivity contribution < 1.29 is 26.3 Å². The second-order valence-electron chi connectivity index (χ2n) is 6.07. The van der Waals surface area contributed by atoms with Gasteiger partial charge in [-0.1, -0.05) is 11.6 Å². The molecule has 1 saturated heterocycles. The summed E-state index contributed by atoms with van der Waals surface area (Å²) in [6, 6.07) is 5.07. The minimum atomic E-state index is -4.52. The predicted octanol–water partition coefficient (Wildman–Crippen LogP) is 3.99. The Labute approximate surface area is 159 Å². The Morgan fingerprint density at radius 1 is 1.19 bits per heavy atom. The minimum Gasteiger partial charge on any atom is -0.487 e. The lowest BCUT2D eigenvalue weighted by molar-refractivity contribution is -0.137. The van der Waals surface area contributed by atoms with Crippen molar-refractivity contribution in [3.05, 3.63) is 53.3 Å². The monoisotopic (exact) mass is 420 g/mol. The summed E-state index contributed by atoms with van der Waals surface area (Å²) in [7, 11) is -3.92. The van der Waals surface area contributed by atoms with Crippen LogP contribution >= 0.6 is 11.6 Å². The molecule has 0 saturated carbocycles. The lowest BCUT2D eigenvalue weighted by Gasteiger charge is -2.32. The van der Waals surface area contributed by atoms with Crippen LogP contribution in [0.2, 0.25) is 5.02 Å². The van der Waals surface area contributed by atoms with E-state index in [1.165, 1.54) is 16.7 Å². The molecule has 1 atom stereocenters. The summed E-state index contributed by atoms with van der Waals surface area (Å²) in [5, 5.41) is 0.320. The van der Waals surface area contributed by atoms with Crippen molar-refractivity contribution in [1.29, 1.82) is 0 Å². The van der Waals surface area contributed by atoms with Crippen LogP contribution in [0.5, 0.6) is 5.75 Å². The van der Waals surface area contributed by atoms with Crippen LogP contribution in [0.4, 0.5) is 13.2 Å². The van der Waals surface area contributed by atoms with Crippen LogP contribution in [0.1, 0.15) is 18.4 Å². The highest BCUT2D eigenvalue weighted by Crippen LogP contribution is 2.31. The van der Waals surface area contributed by atoms with Crippen LogP contribution in [0.15, 0.2) is 47.6 Å². The average molecular weight is 421 g/mol. The Hall–Kier alpha value is -1.84. The van der Waals surface area contributed by atoms with Gasteiger partial charge in [0.1, 0.15) is 16.9 Å². The zero-order valence-electron chi connectivity index (χ0n) is 14.0. The number of benzene rings is 1. The second-order valence-corrected chi connectivity index (χ2v) is 8.42. The van der Waals surface area contributed by atoms with Gasteiger partial charge in [-0.05, 0) is 37.1 Å². The molecule has 1 unspecified atom stereocenters. The maximum atomic E-state index is 12.8. The molecule has 0 aliphatic carbocycles. The Bertz CT molecular complexity index is 904. The molecule has 0 N–H and O–H groups in total. The van der Waals surface area contributed by atoms with Crippen LogP contribution in [0.3, 0.4) is 0 Å². The van der Waals surface area contributed by atoms with E-state index in [0.29, 0.717) is 23.6 Å². The molecule has 3 rings (SSSR count). The summed E-state index contributed by atoms with van der Waals surface area (Å²) in [5.74, 6) is 0.408. The molecule has 0 bridgehead atoms. The Morgan fingerprint density at radius 3 is 2.52 bits per heavy atom. The number of aromatic nitrogens is 1. The predicted molar refractivity (Wildman–Crippen MR) is 93.1 cm³/mol. The maximum Gasteiger partial charge on any atom is 0.416 e. The summed E-state index contributed by atoms with van der Waals surface area (Å²) in [4.78, 5) is 3.68. The molecule has 0 radical (unpaired) electrons. The van der Waals surface area contributed by atoms with Gasteiger partial charge in [0.05, 0.1) is 17.0 Å². The molecule has 1 aliphatic rings. The Morgan fingerprint density at radius 2 is 1.89 bits per heavy atom. The van der Waals surface area contributed by atoms with E-state index >= 15 is 0 Å². The summed E-state index contributed by atoms with van der Waals surface area (Å²) in [6.07, 6.45) is -0.791. The van der Waals surface area contributed by atoms with E-state index < -0.39 is 27.9 Å². The fourth-order valence-corrected chi connectivity index (χ4v) is 4.50. The van der Waals surface area contributed by atoms with Gasteiger partial charge >= 0.3 is 6.18 Å². The van der Waals surface area contributed by atoms with Gasteiger partial charge in [-0.2, -0.15) is 17.5 Å². The Kier molecular flexibility index (Phi) is 5.64. The van der Waals surface area contributed by atoms with Crippen LogP contribution in [0.25, 0.3) is 0 Å². The number of sulfonamides is 1. The van der Waals surface area contributed by atoms with Crippen molar-refractivity contribution in [2.24, 2.45) is 0 Å². The van der Waals surface area contributed by atoms with E-state index in [-0.39, 0.29) is 18.0 Å². The number of rotatable bonds is 4. The number of piperidine rings is 1. The number of hydrogen-bond donors (Lipinski definition) is 0. The van der Waals surface area contributed by atoms with E-state index in [1.807, 2.05) is 0 Å². The molecule has 1 aromatic carbocycles. The van der Waals surface area contributed by atoms with E-state index in [0.717, 1.165) is 24.3 Å². The molecule has 2 heterocycles. The first-order chi connectivity index (χ1) is 12.7. The molecule has 1 fully saturated rings. The first-order valence-electron chi connectivity index (χ1n) is 8.11. The maximum absolute atomic E-state index is 12.8. The van der Waals surface area contributed by atoms with E-state index in [1.54, 1.807) is 6.07 Å². The molecule has 0 spiro atoms. The van der Waals surface area contributed by atoms with Crippen LogP contribution in [-0.2, 0) is 16.2 Å². The van der Waals surface area contributed by atoms with E-state index in [9.17, 15) is 21.6 Å². The van der Waals surface area contributed by atoms with Gasteiger partial charge in [0.25, 0.3) is 0 Å². The highest BCUT2D eigenvalue weighted by atomic mass is 35.5. The third kappa shape index (κ3) is 4.53. The number of alkyl halides is 3. The zero-order valence-corrected chi connectivity index (χ0v) is 15.6. The Balaban J connectivity index is 1.75. The van der Waals surface area contributed by atoms with Gasteiger partial charge in [-0.25, -0.2) is 8.42 Å². The van der Waals surface area contributed by atoms with Crippen LogP contribution in [0, 0.1) is 0 Å². The second kappa shape index (κ2) is 7.65. The number of nitrogens with zero attached hydrogens (tertiary/aromatic N) is 2. The smallest absolute Gasteiger partial charge is 0.416 e. The van der Waals surface area contributed by atoms with Gasteiger partial charge in [-0.15, -0.1) is 0 Å². The fourth-order valence-electron chi connectivity index (χ4n) is 2.82. The summed E-state index contributed by atoms with van der Waals surface area (Å²) in [6.45, 7) is 0.356. The molecular formula is C17H16ClF3N2O3S. The third-order valence-corrected chi connectivity index (χ3v) is 6.35. The van der Waals surface area contributed by atoms with Gasteiger partial charge in [0.15, 0.2) is 0 Å². The quantitative estimate of drug-likeness (QED) is 0.750. The average Bonchev–Trinajstić information content (AvgIpc) is 2.63. The zero-order chi connectivity index (χ0) is 19.7. The summed E-state index contributed by atoms with van der Waals surface area (Å²) < 4.78 is 70.5. The van der Waals surface area contributed by atoms with Crippen molar-refractivity contribution >= 4 is 21.6 Å². The topological polar surface area (TPSA) is 59.5 Å². The van der Waals surface area contributed by atoms with Crippen molar-refractivity contribution in [2.45, 2.75) is 30.0 Å². The lowest BCUT2D eigenvalue weighted by atomic mass is 10.1. The normalized spacial score (nSPS) is 19.0. The van der Waals surface area contributed by atoms with Gasteiger partial charge in [0, 0.05) is 25.0 Å². The molecule has 0 amide bonds. The van der Waals surface area contributed by atoms with Gasteiger partial charge < -0.3 is 4.74 Å². The van der Waals surface area contributed by atoms with E-state index in [2.05, 4.69) is 4.98 Å². The number of ether oxygens (including phenoxy) is 1. The molecular weight excluding hydrogens is 405 g/mol. The fraction of sp³-hybridized carbons (Fsp3) is 0.353. The minimum absolute atomic E-state index is 0.0853. The highest BCUT2D eigenvalue weighted by Gasteiger charge is 2.33. The number of halogens is 4. The molecule has 1 aliphatic heterocycles. The van der Waals surface area contributed by atoms with Crippen molar-refractivity contribution in [3.8, 4) is 5.75 Å². The number of hydrogen-bond acceptors (Lipinski definition) is 4. The third-order valence-electron chi connectivity index (χ3n) is 4.19. The van der Waals surface area contributed by atoms with Gasteiger partial charge in [-0.3, -0.25) is 4.98 Å². The van der Waals surface area contributed by atoms with Crippen LogP contribution in [-0.4, -0.2) is 36.9 Å². The van der Waals surface area contributed by atoms with Crippen molar-refractivity contribution in [3.63, 3.8) is 0 Å². The van der Waals surface area contributed by atoms with Gasteiger partial charge in [0.2, 0.25) is 10.0 Å². The molecule has 5 nitrogen and oxygen atoms in total. The molecule has 2 aromatic rings. The molecule has 146 valence electrons. The highest BCUT2D eigenvalue weighted by molar-refractivity contribution is 7.89. The SMILES string of the molecule is O=S(=O)(c1ccc(C(F)(F)F)cc1)N1CCCC(Oc2ccncc2Cl)C1. The first-order valence-corrected chi connectivity index (χ1v) is 9.93. The molecule has 10 heteroatoms. The first kappa shape index (κ1) is 19.9. The van der Waals surface area contributed by atoms with Crippen LogP contribution < -0.4 is 4.74 Å². The summed E-state index contributed by atoms with van der Waals surface area (Å²) >= 11 is 6.01. The number of pyridine rings is 1. The molecule has 1 aromatic heterocycles. The van der Waals surface area contributed by atoms with Crippen molar-refractivity contribution in [1.82, 2.24) is 9.29 Å². The lowest BCUT2D eigenvalue weighted by Crippen LogP contribution is -2.44.